The van der Waals surface area contributed by atoms with Gasteiger partial charge in [0, 0.05) is 11.4 Å². The van der Waals surface area contributed by atoms with Gasteiger partial charge in [-0.05, 0) is 101 Å². The van der Waals surface area contributed by atoms with Crippen LogP contribution in [0.1, 0.15) is 0 Å². The summed E-state index contributed by atoms with van der Waals surface area (Å²) in [6.45, 7) is 0. The Labute approximate surface area is 263 Å². The number of para-hydroxylation sites is 1. The van der Waals surface area contributed by atoms with Crippen LogP contribution >= 0.6 is 0 Å². The average Bonchev–Trinajstić information content (AvgIpc) is 3.43. The van der Waals surface area contributed by atoms with Crippen molar-refractivity contribution in [2.45, 2.75) is 0 Å². The summed E-state index contributed by atoms with van der Waals surface area (Å²) >= 11 is 0. The first-order valence-corrected chi connectivity index (χ1v) is 15.5. The van der Waals surface area contributed by atoms with E-state index in [1.165, 1.54) is 77.2 Å². The van der Waals surface area contributed by atoms with E-state index in [9.17, 15) is 0 Å². The molecule has 0 amide bonds. The maximum atomic E-state index is 3.58. The molecule has 0 atom stereocenters. The van der Waals surface area contributed by atoms with Crippen molar-refractivity contribution >= 4 is 32.9 Å². The van der Waals surface area contributed by atoms with Gasteiger partial charge < -0.3 is 5.32 Å². The molecule has 45 heavy (non-hydrogen) atoms. The quantitative estimate of drug-likeness (QED) is 0.217. The van der Waals surface area contributed by atoms with Crippen LogP contribution in [0.15, 0.2) is 170 Å². The molecule has 0 saturated heterocycles. The van der Waals surface area contributed by atoms with E-state index in [4.69, 9.17) is 0 Å². The molecule has 1 aliphatic rings. The zero-order valence-electron chi connectivity index (χ0n) is 24.7. The van der Waals surface area contributed by atoms with Gasteiger partial charge in [0.25, 0.3) is 0 Å². The summed E-state index contributed by atoms with van der Waals surface area (Å²) in [5, 5.41) is 8.76. The maximum Gasteiger partial charge on any atom is 0.0390 e. The number of hydrogen-bond acceptors (Lipinski definition) is 1. The fourth-order valence-corrected chi connectivity index (χ4v) is 7.31. The third-order valence-electron chi connectivity index (χ3n) is 9.16. The molecule has 1 N–H and O–H groups in total. The van der Waals surface area contributed by atoms with Gasteiger partial charge in [-0.1, -0.05) is 146 Å². The van der Waals surface area contributed by atoms with Crippen LogP contribution in [0.3, 0.4) is 0 Å². The van der Waals surface area contributed by atoms with Crippen molar-refractivity contribution in [3.05, 3.63) is 170 Å². The number of hydrogen-bond donors (Lipinski definition) is 1. The molecule has 0 fully saturated rings. The van der Waals surface area contributed by atoms with Crippen LogP contribution < -0.4 is 5.32 Å². The summed E-state index contributed by atoms with van der Waals surface area (Å²) in [5.41, 5.74) is 15.0. The van der Waals surface area contributed by atoms with Gasteiger partial charge in [-0.25, -0.2) is 0 Å². The van der Waals surface area contributed by atoms with Crippen molar-refractivity contribution < 1.29 is 0 Å². The monoisotopic (exact) mass is 571 g/mol. The summed E-state index contributed by atoms with van der Waals surface area (Å²) in [6.07, 6.45) is 0. The molecule has 8 aromatic carbocycles. The van der Waals surface area contributed by atoms with E-state index in [1.54, 1.807) is 0 Å². The highest BCUT2D eigenvalue weighted by atomic mass is 14.9. The van der Waals surface area contributed by atoms with E-state index in [0.717, 1.165) is 11.4 Å². The second-order valence-corrected chi connectivity index (χ2v) is 11.7. The van der Waals surface area contributed by atoms with E-state index in [-0.39, 0.29) is 0 Å². The van der Waals surface area contributed by atoms with Crippen LogP contribution in [-0.2, 0) is 0 Å². The number of nitrogens with one attached hydrogen (secondary N) is 1. The SMILES string of the molecule is c1ccc(Nc2cccc(-c3ccc4c5c(cccc35)-c3c-4c(-c4ccccc4)c4ccccc4c3-c3ccccc3)c2)cc1. The largest absolute Gasteiger partial charge is 0.356 e. The van der Waals surface area contributed by atoms with Crippen LogP contribution in [0.5, 0.6) is 0 Å². The van der Waals surface area contributed by atoms with Gasteiger partial charge in [0.2, 0.25) is 0 Å². The number of fused-ring (bicyclic) bond motifs is 4. The molecule has 0 radical (unpaired) electrons. The number of rotatable bonds is 5. The fourth-order valence-electron chi connectivity index (χ4n) is 7.31. The summed E-state index contributed by atoms with van der Waals surface area (Å²) in [4.78, 5) is 0. The molecule has 1 heteroatoms. The minimum Gasteiger partial charge on any atom is -0.356 e. The minimum atomic E-state index is 1.08. The Morgan fingerprint density at radius 2 is 0.756 bits per heavy atom. The highest BCUT2D eigenvalue weighted by molar-refractivity contribution is 6.28. The van der Waals surface area contributed by atoms with Gasteiger partial charge in [0.1, 0.15) is 0 Å². The molecular formula is C44H29N. The van der Waals surface area contributed by atoms with Crippen LogP contribution in [0.25, 0.3) is 77.2 Å². The number of benzene rings is 8. The first-order valence-electron chi connectivity index (χ1n) is 15.5. The molecule has 1 aliphatic carbocycles. The van der Waals surface area contributed by atoms with E-state index in [0.29, 0.717) is 0 Å². The molecule has 0 heterocycles. The second kappa shape index (κ2) is 10.4. The zero-order valence-corrected chi connectivity index (χ0v) is 24.7. The molecule has 0 aromatic heterocycles. The van der Waals surface area contributed by atoms with Crippen molar-refractivity contribution in [2.24, 2.45) is 0 Å². The van der Waals surface area contributed by atoms with Crippen molar-refractivity contribution in [3.8, 4) is 55.6 Å². The van der Waals surface area contributed by atoms with Crippen LogP contribution in [-0.4, -0.2) is 0 Å². The van der Waals surface area contributed by atoms with E-state index in [1.807, 2.05) is 6.07 Å². The molecule has 9 rings (SSSR count). The Hall–Kier alpha value is -5.92. The fraction of sp³-hybridized carbons (Fsp3) is 0. The molecule has 8 aromatic rings. The lowest BCUT2D eigenvalue weighted by atomic mass is 9.82. The first kappa shape index (κ1) is 25.6. The lowest BCUT2D eigenvalue weighted by molar-refractivity contribution is 1.55. The van der Waals surface area contributed by atoms with Crippen LogP contribution in [0.2, 0.25) is 0 Å². The van der Waals surface area contributed by atoms with Crippen molar-refractivity contribution in [1.29, 1.82) is 0 Å². The smallest absolute Gasteiger partial charge is 0.0390 e. The summed E-state index contributed by atoms with van der Waals surface area (Å²) in [6, 6.07) is 61.4. The van der Waals surface area contributed by atoms with Crippen molar-refractivity contribution in [3.63, 3.8) is 0 Å². The molecule has 0 saturated carbocycles. The van der Waals surface area contributed by atoms with Gasteiger partial charge in [0.15, 0.2) is 0 Å². The Balaban J connectivity index is 1.34. The molecule has 210 valence electrons. The maximum absolute atomic E-state index is 3.58. The Morgan fingerprint density at radius 3 is 1.40 bits per heavy atom. The normalized spacial score (nSPS) is 11.6. The Bertz CT molecular complexity index is 2280. The highest BCUT2D eigenvalue weighted by Gasteiger charge is 2.31. The molecule has 1 nitrogen and oxygen atoms in total. The average molecular weight is 572 g/mol. The van der Waals surface area contributed by atoms with Gasteiger partial charge >= 0.3 is 0 Å². The van der Waals surface area contributed by atoms with Crippen LogP contribution in [0, 0.1) is 0 Å². The molecule has 0 aliphatic heterocycles. The van der Waals surface area contributed by atoms with Crippen molar-refractivity contribution in [2.75, 3.05) is 5.32 Å². The minimum absolute atomic E-state index is 1.08. The van der Waals surface area contributed by atoms with E-state index < -0.39 is 0 Å². The predicted molar refractivity (Wildman–Crippen MR) is 192 cm³/mol. The summed E-state index contributed by atoms with van der Waals surface area (Å²) in [7, 11) is 0. The van der Waals surface area contributed by atoms with Gasteiger partial charge in [-0.2, -0.15) is 0 Å². The highest BCUT2D eigenvalue weighted by Crippen LogP contribution is 2.58. The lowest BCUT2D eigenvalue weighted by Gasteiger charge is -2.20. The predicted octanol–water partition coefficient (Wildman–Crippen LogP) is 12.4. The molecule has 0 bridgehead atoms. The molecule has 0 spiro atoms. The topological polar surface area (TPSA) is 12.0 Å². The van der Waals surface area contributed by atoms with E-state index >= 15 is 0 Å². The third kappa shape index (κ3) is 4.09. The lowest BCUT2D eigenvalue weighted by Crippen LogP contribution is -1.93. The number of anilines is 2. The van der Waals surface area contributed by atoms with Crippen LogP contribution in [0.4, 0.5) is 11.4 Å². The van der Waals surface area contributed by atoms with Gasteiger partial charge in [-0.15, -0.1) is 0 Å². The zero-order chi connectivity index (χ0) is 29.7. The van der Waals surface area contributed by atoms with Crippen molar-refractivity contribution in [1.82, 2.24) is 0 Å². The molecular weight excluding hydrogens is 542 g/mol. The Morgan fingerprint density at radius 1 is 0.289 bits per heavy atom. The second-order valence-electron chi connectivity index (χ2n) is 11.7. The first-order chi connectivity index (χ1) is 22.3. The standard InChI is InChI=1S/C44H29N/c1-4-14-29(15-5-1)40-36-22-10-11-23-37(36)41(30-16-6-2-7-17-30)44-39-27-26-34(35-24-13-25-38(42(35)39)43(40)44)31-18-12-21-33(28-31)45-32-19-8-3-9-20-32/h1-28,45H. The van der Waals surface area contributed by atoms with E-state index in [2.05, 4.69) is 169 Å². The molecule has 0 unspecified atom stereocenters. The Kier molecular flexibility index (Phi) is 5.89. The van der Waals surface area contributed by atoms with Gasteiger partial charge in [-0.3, -0.25) is 0 Å². The van der Waals surface area contributed by atoms with Gasteiger partial charge in [0.05, 0.1) is 0 Å². The summed E-state index contributed by atoms with van der Waals surface area (Å²) in [5.74, 6) is 0. The third-order valence-corrected chi connectivity index (χ3v) is 9.16. The summed E-state index contributed by atoms with van der Waals surface area (Å²) < 4.78 is 0.